The lowest BCUT2D eigenvalue weighted by molar-refractivity contribution is 0.629. The van der Waals surface area contributed by atoms with Gasteiger partial charge in [0, 0.05) is 6.20 Å². The van der Waals surface area contributed by atoms with Gasteiger partial charge in [-0.25, -0.2) is 4.98 Å². The van der Waals surface area contributed by atoms with Gasteiger partial charge in [-0.05, 0) is 55.7 Å². The second kappa shape index (κ2) is 7.18. The Morgan fingerprint density at radius 3 is 2.48 bits per heavy atom. The highest BCUT2D eigenvalue weighted by Gasteiger charge is 2.10. The molecule has 1 atom stereocenters. The number of nitrogens with zero attached hydrogens (tertiary/aromatic N) is 1. The summed E-state index contributed by atoms with van der Waals surface area (Å²) in [5.41, 5.74) is 3.66. The highest BCUT2D eigenvalue weighted by atomic mass is 32.1. The first-order valence-electron chi connectivity index (χ1n) is 7.15. The minimum absolute atomic E-state index is 0.204. The number of anilines is 1. The van der Waals surface area contributed by atoms with Gasteiger partial charge in [0.2, 0.25) is 0 Å². The van der Waals surface area contributed by atoms with Crippen molar-refractivity contribution in [1.29, 1.82) is 0 Å². The van der Waals surface area contributed by atoms with Crippen molar-refractivity contribution in [2.24, 2.45) is 0 Å². The summed E-state index contributed by atoms with van der Waals surface area (Å²) >= 11 is 5.39. The average Bonchev–Trinajstić information content (AvgIpc) is 2.46. The van der Waals surface area contributed by atoms with E-state index in [-0.39, 0.29) is 6.04 Å². The number of aryl methyl sites for hydroxylation is 2. The van der Waals surface area contributed by atoms with Gasteiger partial charge in [-0.1, -0.05) is 36.8 Å². The van der Waals surface area contributed by atoms with E-state index in [4.69, 9.17) is 12.2 Å². The van der Waals surface area contributed by atoms with Crippen molar-refractivity contribution in [3.05, 3.63) is 59.3 Å². The lowest BCUT2D eigenvalue weighted by Crippen LogP contribution is -2.32. The summed E-state index contributed by atoms with van der Waals surface area (Å²) in [6, 6.07) is 12.7. The fourth-order valence-electron chi connectivity index (χ4n) is 2.14. The largest absolute Gasteiger partial charge is 0.356 e. The molecule has 2 aromatic rings. The molecule has 2 rings (SSSR count). The molecule has 0 bridgehead atoms. The molecule has 4 heteroatoms. The molecule has 0 aliphatic rings. The first kappa shape index (κ1) is 15.4. The predicted octanol–water partition coefficient (Wildman–Crippen LogP) is 4.14. The molecule has 0 amide bonds. The van der Waals surface area contributed by atoms with Crippen LogP contribution in [0.15, 0.2) is 42.6 Å². The predicted molar refractivity (Wildman–Crippen MR) is 92.5 cm³/mol. The second-order valence-corrected chi connectivity index (χ2v) is 5.60. The van der Waals surface area contributed by atoms with Gasteiger partial charge < -0.3 is 10.6 Å². The highest BCUT2D eigenvalue weighted by Crippen LogP contribution is 2.17. The molecule has 1 aromatic carbocycles. The van der Waals surface area contributed by atoms with Crippen molar-refractivity contribution in [3.63, 3.8) is 0 Å². The molecule has 0 saturated carbocycles. The van der Waals surface area contributed by atoms with Gasteiger partial charge in [-0.3, -0.25) is 0 Å². The third-order valence-electron chi connectivity index (χ3n) is 3.35. The molecule has 0 spiro atoms. The minimum atomic E-state index is 0.204. The maximum absolute atomic E-state index is 5.39. The molecule has 1 unspecified atom stereocenters. The zero-order valence-electron chi connectivity index (χ0n) is 12.7. The maximum Gasteiger partial charge on any atom is 0.172 e. The molecular weight excluding hydrogens is 278 g/mol. The van der Waals surface area contributed by atoms with E-state index in [1.165, 1.54) is 11.1 Å². The molecule has 1 aromatic heterocycles. The monoisotopic (exact) mass is 299 g/mol. The zero-order chi connectivity index (χ0) is 15.2. The highest BCUT2D eigenvalue weighted by molar-refractivity contribution is 7.80. The van der Waals surface area contributed by atoms with E-state index in [0.717, 1.165) is 17.8 Å². The first-order chi connectivity index (χ1) is 10.1. The normalized spacial score (nSPS) is 11.8. The van der Waals surface area contributed by atoms with Crippen LogP contribution in [0.1, 0.15) is 36.1 Å². The lowest BCUT2D eigenvalue weighted by Gasteiger charge is -2.20. The van der Waals surface area contributed by atoms with Crippen molar-refractivity contribution < 1.29 is 0 Å². The van der Waals surface area contributed by atoms with Crippen molar-refractivity contribution in [2.45, 2.75) is 33.2 Å². The van der Waals surface area contributed by atoms with Crippen LogP contribution in [0.2, 0.25) is 0 Å². The molecule has 2 N–H and O–H groups in total. The Morgan fingerprint density at radius 1 is 1.14 bits per heavy atom. The van der Waals surface area contributed by atoms with Crippen LogP contribution in [0.4, 0.5) is 5.82 Å². The Kier molecular flexibility index (Phi) is 5.28. The molecule has 110 valence electrons. The van der Waals surface area contributed by atoms with Crippen molar-refractivity contribution in [3.8, 4) is 0 Å². The van der Waals surface area contributed by atoms with E-state index in [1.807, 2.05) is 19.1 Å². The van der Waals surface area contributed by atoms with Gasteiger partial charge >= 0.3 is 0 Å². The molecule has 3 nitrogen and oxygen atoms in total. The number of thiocarbonyl (C=S) groups is 1. The quantitative estimate of drug-likeness (QED) is 0.832. The fourth-order valence-corrected chi connectivity index (χ4v) is 2.38. The van der Waals surface area contributed by atoms with Crippen LogP contribution in [0, 0.1) is 13.8 Å². The number of aromatic nitrogens is 1. The fraction of sp³-hybridized carbons (Fsp3) is 0.294. The van der Waals surface area contributed by atoms with Crippen LogP contribution < -0.4 is 10.6 Å². The van der Waals surface area contributed by atoms with Gasteiger partial charge in [0.25, 0.3) is 0 Å². The molecule has 0 aliphatic heterocycles. The Labute approximate surface area is 131 Å². The smallest absolute Gasteiger partial charge is 0.172 e. The second-order valence-electron chi connectivity index (χ2n) is 5.19. The van der Waals surface area contributed by atoms with Crippen LogP contribution in [0.3, 0.4) is 0 Å². The Balaban J connectivity index is 2.01. The summed E-state index contributed by atoms with van der Waals surface area (Å²) in [4.78, 5) is 4.26. The summed E-state index contributed by atoms with van der Waals surface area (Å²) in [5, 5.41) is 7.09. The summed E-state index contributed by atoms with van der Waals surface area (Å²) in [7, 11) is 0. The molecule has 0 radical (unpaired) electrons. The number of pyridine rings is 1. The maximum atomic E-state index is 5.39. The molecular formula is C17H21N3S. The molecule has 0 aliphatic carbocycles. The van der Waals surface area contributed by atoms with Crippen LogP contribution in [0.5, 0.6) is 0 Å². The van der Waals surface area contributed by atoms with Crippen LogP contribution in [0.25, 0.3) is 0 Å². The van der Waals surface area contributed by atoms with Crippen LogP contribution >= 0.6 is 12.2 Å². The number of hydrogen-bond donors (Lipinski definition) is 2. The Morgan fingerprint density at radius 2 is 1.86 bits per heavy atom. The first-order valence-corrected chi connectivity index (χ1v) is 7.56. The molecule has 0 fully saturated rings. The summed E-state index contributed by atoms with van der Waals surface area (Å²) in [6.45, 7) is 6.27. The zero-order valence-corrected chi connectivity index (χ0v) is 13.5. The summed E-state index contributed by atoms with van der Waals surface area (Å²) in [6.07, 6.45) is 2.74. The van der Waals surface area contributed by atoms with Crippen molar-refractivity contribution in [1.82, 2.24) is 10.3 Å². The van der Waals surface area contributed by atoms with E-state index in [9.17, 15) is 0 Å². The van der Waals surface area contributed by atoms with Gasteiger partial charge in [0.15, 0.2) is 5.11 Å². The van der Waals surface area contributed by atoms with Gasteiger partial charge in [0.1, 0.15) is 5.82 Å². The lowest BCUT2D eigenvalue weighted by atomic mass is 10.0. The average molecular weight is 299 g/mol. The van der Waals surface area contributed by atoms with Gasteiger partial charge in [-0.15, -0.1) is 0 Å². The third kappa shape index (κ3) is 4.53. The van der Waals surface area contributed by atoms with Crippen LogP contribution in [-0.2, 0) is 0 Å². The summed E-state index contributed by atoms with van der Waals surface area (Å²) < 4.78 is 0. The van der Waals surface area contributed by atoms with E-state index in [0.29, 0.717) is 5.11 Å². The standard InChI is InChI=1S/C17H21N3S/c1-4-15(14-7-5-12(2)6-8-14)19-17(21)20-16-11-13(3)9-10-18-16/h5-11,15H,4H2,1-3H3,(H2,18,19,20,21). The number of hydrogen-bond acceptors (Lipinski definition) is 2. The third-order valence-corrected chi connectivity index (χ3v) is 3.57. The minimum Gasteiger partial charge on any atom is -0.356 e. The Bertz CT molecular complexity index is 608. The van der Waals surface area contributed by atoms with E-state index >= 15 is 0 Å². The summed E-state index contributed by atoms with van der Waals surface area (Å²) in [5.74, 6) is 0.770. The molecule has 0 saturated heterocycles. The van der Waals surface area contributed by atoms with E-state index in [2.05, 4.69) is 53.7 Å². The number of nitrogens with one attached hydrogen (secondary N) is 2. The Hall–Kier alpha value is -1.94. The van der Waals surface area contributed by atoms with E-state index < -0.39 is 0 Å². The van der Waals surface area contributed by atoms with Crippen molar-refractivity contribution in [2.75, 3.05) is 5.32 Å². The SMILES string of the molecule is CCC(NC(=S)Nc1cc(C)ccn1)c1ccc(C)cc1. The molecule has 21 heavy (non-hydrogen) atoms. The van der Waals surface area contributed by atoms with E-state index in [1.54, 1.807) is 6.20 Å². The molecule has 1 heterocycles. The van der Waals surface area contributed by atoms with Gasteiger partial charge in [0.05, 0.1) is 6.04 Å². The van der Waals surface area contributed by atoms with Gasteiger partial charge in [-0.2, -0.15) is 0 Å². The topological polar surface area (TPSA) is 37.0 Å². The van der Waals surface area contributed by atoms with Crippen LogP contribution in [-0.4, -0.2) is 10.1 Å². The number of rotatable bonds is 4. The number of benzene rings is 1. The van der Waals surface area contributed by atoms with Crippen molar-refractivity contribution >= 4 is 23.1 Å².